The summed E-state index contributed by atoms with van der Waals surface area (Å²) < 4.78 is 5.08. The summed E-state index contributed by atoms with van der Waals surface area (Å²) in [6.07, 6.45) is 1.30. The molecule has 4 nitrogen and oxygen atoms in total. The van der Waals surface area contributed by atoms with Gasteiger partial charge in [-0.25, -0.2) is 0 Å². The standard InChI is InChI=1S/C11H23N3O/c1-15-8-7-13-9-11(10-13)14-5-2-3-12-4-6-14/h11-12H,2-10H2,1H3. The van der Waals surface area contributed by atoms with E-state index in [0.29, 0.717) is 0 Å². The zero-order valence-electron chi connectivity index (χ0n) is 9.74. The molecule has 0 unspecified atom stereocenters. The van der Waals surface area contributed by atoms with Crippen LogP contribution < -0.4 is 5.32 Å². The molecule has 0 aromatic heterocycles. The highest BCUT2D eigenvalue weighted by molar-refractivity contribution is 4.88. The van der Waals surface area contributed by atoms with Crippen LogP contribution in [0.1, 0.15) is 6.42 Å². The molecule has 4 heteroatoms. The fourth-order valence-corrected chi connectivity index (χ4v) is 2.41. The Balaban J connectivity index is 1.64. The van der Waals surface area contributed by atoms with E-state index in [1.165, 1.54) is 39.1 Å². The van der Waals surface area contributed by atoms with Gasteiger partial charge in [-0.1, -0.05) is 0 Å². The summed E-state index contributed by atoms with van der Waals surface area (Å²) in [6.45, 7) is 9.30. The number of nitrogens with one attached hydrogen (secondary N) is 1. The molecule has 0 aromatic rings. The maximum Gasteiger partial charge on any atom is 0.0589 e. The Bertz CT molecular complexity index is 175. The van der Waals surface area contributed by atoms with E-state index in [0.717, 1.165) is 25.7 Å². The van der Waals surface area contributed by atoms with Gasteiger partial charge in [0.25, 0.3) is 0 Å². The molecule has 2 heterocycles. The summed E-state index contributed by atoms with van der Waals surface area (Å²) >= 11 is 0. The van der Waals surface area contributed by atoms with E-state index < -0.39 is 0 Å². The van der Waals surface area contributed by atoms with E-state index in [2.05, 4.69) is 15.1 Å². The molecule has 88 valence electrons. The molecular formula is C11H23N3O. The minimum atomic E-state index is 0.807. The first kappa shape index (κ1) is 11.3. The zero-order valence-corrected chi connectivity index (χ0v) is 9.74. The van der Waals surface area contributed by atoms with Gasteiger partial charge in [0, 0.05) is 45.9 Å². The van der Waals surface area contributed by atoms with Crippen molar-refractivity contribution in [3.63, 3.8) is 0 Å². The van der Waals surface area contributed by atoms with Crippen molar-refractivity contribution in [3.8, 4) is 0 Å². The van der Waals surface area contributed by atoms with Gasteiger partial charge in [-0.3, -0.25) is 9.80 Å². The number of nitrogens with zero attached hydrogens (tertiary/aromatic N) is 2. The first-order valence-corrected chi connectivity index (χ1v) is 6.06. The molecule has 0 saturated carbocycles. The maximum atomic E-state index is 5.08. The van der Waals surface area contributed by atoms with Crippen LogP contribution in [0.4, 0.5) is 0 Å². The summed E-state index contributed by atoms with van der Waals surface area (Å²) in [5.41, 5.74) is 0. The number of likely N-dealkylation sites (tertiary alicyclic amines) is 1. The minimum absolute atomic E-state index is 0.807. The third-order valence-electron chi connectivity index (χ3n) is 3.44. The summed E-state index contributed by atoms with van der Waals surface area (Å²) in [4.78, 5) is 5.12. The topological polar surface area (TPSA) is 27.7 Å². The van der Waals surface area contributed by atoms with Crippen LogP contribution in [0.2, 0.25) is 0 Å². The molecule has 0 aliphatic carbocycles. The van der Waals surface area contributed by atoms with Gasteiger partial charge in [0.05, 0.1) is 6.61 Å². The SMILES string of the molecule is COCCN1CC(N2CCCNCC2)C1. The summed E-state index contributed by atoms with van der Waals surface area (Å²) in [6, 6.07) is 0.807. The van der Waals surface area contributed by atoms with E-state index in [1.54, 1.807) is 7.11 Å². The van der Waals surface area contributed by atoms with Crippen LogP contribution in [-0.2, 0) is 4.74 Å². The molecule has 2 aliphatic rings. The number of methoxy groups -OCH3 is 1. The fourth-order valence-electron chi connectivity index (χ4n) is 2.41. The first-order chi connectivity index (χ1) is 7.40. The van der Waals surface area contributed by atoms with Crippen LogP contribution >= 0.6 is 0 Å². The molecule has 2 aliphatic heterocycles. The monoisotopic (exact) mass is 213 g/mol. The highest BCUT2D eigenvalue weighted by atomic mass is 16.5. The minimum Gasteiger partial charge on any atom is -0.383 e. The average molecular weight is 213 g/mol. The molecule has 1 N–H and O–H groups in total. The average Bonchev–Trinajstić information content (AvgIpc) is 2.44. The van der Waals surface area contributed by atoms with Crippen molar-refractivity contribution < 1.29 is 4.74 Å². The molecular weight excluding hydrogens is 190 g/mol. The Morgan fingerprint density at radius 1 is 1.27 bits per heavy atom. The van der Waals surface area contributed by atoms with Gasteiger partial charge in [0.2, 0.25) is 0 Å². The summed E-state index contributed by atoms with van der Waals surface area (Å²) in [5.74, 6) is 0. The van der Waals surface area contributed by atoms with Gasteiger partial charge in [-0.15, -0.1) is 0 Å². The second-order valence-corrected chi connectivity index (χ2v) is 4.55. The summed E-state index contributed by atoms with van der Waals surface area (Å²) in [5, 5.41) is 3.45. The Labute approximate surface area is 92.6 Å². The molecule has 15 heavy (non-hydrogen) atoms. The zero-order chi connectivity index (χ0) is 10.5. The lowest BCUT2D eigenvalue weighted by molar-refractivity contribution is 0.0213. The third kappa shape index (κ3) is 3.14. The molecule has 2 saturated heterocycles. The van der Waals surface area contributed by atoms with Gasteiger partial charge in [-0.2, -0.15) is 0 Å². The van der Waals surface area contributed by atoms with Gasteiger partial charge in [-0.05, 0) is 19.5 Å². The van der Waals surface area contributed by atoms with Crippen molar-refractivity contribution in [1.29, 1.82) is 0 Å². The Kier molecular flexibility index (Phi) is 4.38. The quantitative estimate of drug-likeness (QED) is 0.688. The number of rotatable bonds is 4. The number of hydrogen-bond donors (Lipinski definition) is 1. The Morgan fingerprint density at radius 3 is 2.93 bits per heavy atom. The number of hydrogen-bond acceptors (Lipinski definition) is 4. The Hall–Kier alpha value is -0.160. The number of ether oxygens (including phenoxy) is 1. The lowest BCUT2D eigenvalue weighted by Gasteiger charge is -2.45. The van der Waals surface area contributed by atoms with E-state index >= 15 is 0 Å². The van der Waals surface area contributed by atoms with Crippen molar-refractivity contribution in [1.82, 2.24) is 15.1 Å². The molecule has 0 bridgehead atoms. The third-order valence-corrected chi connectivity index (χ3v) is 3.44. The highest BCUT2D eigenvalue weighted by Gasteiger charge is 2.31. The predicted octanol–water partition coefficient (Wildman–Crippen LogP) is -0.388. The molecule has 0 amide bonds. The van der Waals surface area contributed by atoms with Crippen molar-refractivity contribution in [2.24, 2.45) is 0 Å². The maximum absolute atomic E-state index is 5.08. The van der Waals surface area contributed by atoms with Crippen molar-refractivity contribution in [3.05, 3.63) is 0 Å². The molecule has 2 fully saturated rings. The fraction of sp³-hybridized carbons (Fsp3) is 1.00. The van der Waals surface area contributed by atoms with E-state index in [1.807, 2.05) is 0 Å². The second-order valence-electron chi connectivity index (χ2n) is 4.55. The smallest absolute Gasteiger partial charge is 0.0589 e. The van der Waals surface area contributed by atoms with E-state index in [9.17, 15) is 0 Å². The molecule has 2 rings (SSSR count). The van der Waals surface area contributed by atoms with Crippen LogP contribution in [0.5, 0.6) is 0 Å². The second kappa shape index (κ2) is 5.80. The molecule has 0 radical (unpaired) electrons. The largest absolute Gasteiger partial charge is 0.383 e. The van der Waals surface area contributed by atoms with Crippen molar-refractivity contribution in [2.75, 3.05) is 59.5 Å². The van der Waals surface area contributed by atoms with Crippen molar-refractivity contribution >= 4 is 0 Å². The van der Waals surface area contributed by atoms with Crippen LogP contribution in [0.3, 0.4) is 0 Å². The Morgan fingerprint density at radius 2 is 2.13 bits per heavy atom. The van der Waals surface area contributed by atoms with Gasteiger partial charge >= 0.3 is 0 Å². The van der Waals surface area contributed by atoms with Gasteiger partial charge in [0.1, 0.15) is 0 Å². The lowest BCUT2D eigenvalue weighted by Crippen LogP contribution is -2.60. The van der Waals surface area contributed by atoms with E-state index in [-0.39, 0.29) is 0 Å². The van der Waals surface area contributed by atoms with Crippen LogP contribution in [-0.4, -0.2) is 75.4 Å². The van der Waals surface area contributed by atoms with Gasteiger partial charge in [0.15, 0.2) is 0 Å². The normalized spacial score (nSPS) is 26.2. The highest BCUT2D eigenvalue weighted by Crippen LogP contribution is 2.15. The van der Waals surface area contributed by atoms with Crippen LogP contribution in [0, 0.1) is 0 Å². The van der Waals surface area contributed by atoms with Crippen LogP contribution in [0.15, 0.2) is 0 Å². The van der Waals surface area contributed by atoms with Crippen LogP contribution in [0.25, 0.3) is 0 Å². The molecule has 0 atom stereocenters. The molecule has 0 spiro atoms. The molecule has 0 aromatic carbocycles. The summed E-state index contributed by atoms with van der Waals surface area (Å²) in [7, 11) is 1.78. The lowest BCUT2D eigenvalue weighted by atomic mass is 10.1. The van der Waals surface area contributed by atoms with Gasteiger partial charge < -0.3 is 10.1 Å². The predicted molar refractivity (Wildman–Crippen MR) is 61.2 cm³/mol. The van der Waals surface area contributed by atoms with Crippen molar-refractivity contribution in [2.45, 2.75) is 12.5 Å². The first-order valence-electron chi connectivity index (χ1n) is 6.06. The van der Waals surface area contributed by atoms with E-state index in [4.69, 9.17) is 4.74 Å².